The number of benzene rings is 4. The van der Waals surface area contributed by atoms with Crippen LogP contribution in [0.3, 0.4) is 0 Å². The van der Waals surface area contributed by atoms with Crippen LogP contribution in [0.25, 0.3) is 10.9 Å². The highest BCUT2D eigenvalue weighted by molar-refractivity contribution is 6.31. The van der Waals surface area contributed by atoms with E-state index in [1.54, 1.807) is 117 Å². The van der Waals surface area contributed by atoms with Gasteiger partial charge < -0.3 is 9.47 Å². The molecular formula is C33H27Cl2N3O5. The Hall–Kier alpha value is -4.79. The number of nitrogens with zero attached hydrogens (tertiary/aromatic N) is 2. The highest BCUT2D eigenvalue weighted by Gasteiger charge is 2.25. The number of anilines is 1. The van der Waals surface area contributed by atoms with Gasteiger partial charge in [-0.1, -0.05) is 23.2 Å². The van der Waals surface area contributed by atoms with E-state index in [9.17, 15) is 14.4 Å². The summed E-state index contributed by atoms with van der Waals surface area (Å²) in [5, 5.41) is 2.85. The van der Waals surface area contributed by atoms with Crippen molar-refractivity contribution >= 4 is 57.5 Å². The van der Waals surface area contributed by atoms with Gasteiger partial charge in [-0.05, 0) is 103 Å². The number of fused-ring (bicyclic) bond motifs is 1. The van der Waals surface area contributed by atoms with E-state index in [1.165, 1.54) is 5.01 Å². The Labute approximate surface area is 258 Å². The van der Waals surface area contributed by atoms with E-state index in [0.29, 0.717) is 60.5 Å². The Morgan fingerprint density at radius 2 is 1.33 bits per heavy atom. The topological polar surface area (TPSA) is 89.9 Å². The Kier molecular flexibility index (Phi) is 8.71. The molecule has 218 valence electrons. The Morgan fingerprint density at radius 1 is 0.767 bits per heavy atom. The monoisotopic (exact) mass is 615 g/mol. The fraction of sp³-hybridized carbons (Fsp3) is 0.121. The van der Waals surface area contributed by atoms with Gasteiger partial charge >= 0.3 is 0 Å². The molecule has 0 aliphatic heterocycles. The molecule has 0 spiro atoms. The number of aromatic nitrogens is 1. The smallest absolute Gasteiger partial charge is 0.277 e. The summed E-state index contributed by atoms with van der Waals surface area (Å²) < 4.78 is 12.3. The molecule has 0 fully saturated rings. The summed E-state index contributed by atoms with van der Waals surface area (Å²) >= 11 is 12.1. The van der Waals surface area contributed by atoms with E-state index in [0.717, 1.165) is 0 Å². The van der Waals surface area contributed by atoms with Crippen LogP contribution in [0.15, 0.2) is 91.0 Å². The molecular weight excluding hydrogens is 589 g/mol. The zero-order chi connectivity index (χ0) is 30.7. The van der Waals surface area contributed by atoms with E-state index in [-0.39, 0.29) is 12.3 Å². The van der Waals surface area contributed by atoms with Gasteiger partial charge in [-0.25, -0.2) is 5.01 Å². The number of ether oxygens (including phenoxy) is 2. The highest BCUT2D eigenvalue weighted by atomic mass is 35.5. The quantitative estimate of drug-likeness (QED) is 0.201. The fourth-order valence-electron chi connectivity index (χ4n) is 4.81. The van der Waals surface area contributed by atoms with Crippen molar-refractivity contribution < 1.29 is 23.9 Å². The van der Waals surface area contributed by atoms with Crippen molar-refractivity contribution in [2.75, 3.05) is 19.2 Å². The molecule has 0 saturated carbocycles. The molecule has 1 N–H and O–H groups in total. The van der Waals surface area contributed by atoms with Crippen LogP contribution < -0.4 is 19.9 Å². The number of carbonyl (C=O) groups is 3. The van der Waals surface area contributed by atoms with Crippen molar-refractivity contribution in [1.29, 1.82) is 0 Å². The van der Waals surface area contributed by atoms with Gasteiger partial charge in [0, 0.05) is 32.3 Å². The van der Waals surface area contributed by atoms with E-state index in [2.05, 4.69) is 5.43 Å². The number of carbonyl (C=O) groups excluding carboxylic acids is 3. The number of amides is 2. The lowest BCUT2D eigenvalue weighted by molar-refractivity contribution is -0.120. The number of hydrogen-bond donors (Lipinski definition) is 1. The number of halogens is 2. The van der Waals surface area contributed by atoms with E-state index in [4.69, 9.17) is 32.7 Å². The second kappa shape index (κ2) is 12.6. The van der Waals surface area contributed by atoms with Crippen LogP contribution in [0.2, 0.25) is 10.0 Å². The van der Waals surface area contributed by atoms with Gasteiger partial charge in [0.1, 0.15) is 11.5 Å². The molecule has 1 aromatic heterocycles. The van der Waals surface area contributed by atoms with Crippen LogP contribution in [-0.2, 0) is 11.2 Å². The second-order valence-electron chi connectivity index (χ2n) is 9.65. The summed E-state index contributed by atoms with van der Waals surface area (Å²) in [6, 6.07) is 25.0. The van der Waals surface area contributed by atoms with E-state index in [1.807, 2.05) is 0 Å². The third-order valence-electron chi connectivity index (χ3n) is 7.03. The third-order valence-corrected chi connectivity index (χ3v) is 7.54. The lowest BCUT2D eigenvalue weighted by Gasteiger charge is -2.24. The van der Waals surface area contributed by atoms with E-state index >= 15 is 0 Å². The summed E-state index contributed by atoms with van der Waals surface area (Å²) in [7, 11) is 3.09. The minimum Gasteiger partial charge on any atom is -0.497 e. The summed E-state index contributed by atoms with van der Waals surface area (Å²) in [5.74, 6) is -0.0375. The number of nitrogens with one attached hydrogen (secondary N) is 1. The Balaban J connectivity index is 1.52. The molecule has 0 aliphatic carbocycles. The lowest BCUT2D eigenvalue weighted by Crippen LogP contribution is -2.47. The van der Waals surface area contributed by atoms with Crippen LogP contribution in [-0.4, -0.2) is 36.5 Å². The maximum absolute atomic E-state index is 13.7. The molecule has 0 atom stereocenters. The number of rotatable bonds is 7. The Bertz CT molecular complexity index is 1820. The first-order valence-electron chi connectivity index (χ1n) is 13.2. The van der Waals surface area contributed by atoms with E-state index < -0.39 is 11.8 Å². The number of methoxy groups -OCH3 is 2. The highest BCUT2D eigenvalue weighted by Crippen LogP contribution is 2.31. The second-order valence-corrected chi connectivity index (χ2v) is 10.5. The van der Waals surface area contributed by atoms with Gasteiger partial charge in [-0.2, -0.15) is 0 Å². The van der Waals surface area contributed by atoms with Crippen molar-refractivity contribution in [2.45, 2.75) is 13.3 Å². The summed E-state index contributed by atoms with van der Waals surface area (Å²) in [4.78, 5) is 40.9. The van der Waals surface area contributed by atoms with Gasteiger partial charge in [0.15, 0.2) is 0 Å². The maximum atomic E-state index is 13.7. The van der Waals surface area contributed by atoms with Crippen molar-refractivity contribution in [3.05, 3.63) is 123 Å². The molecule has 0 radical (unpaired) electrons. The molecule has 0 unspecified atom stereocenters. The van der Waals surface area contributed by atoms with Crippen LogP contribution in [0.4, 0.5) is 5.69 Å². The molecule has 2 amide bonds. The van der Waals surface area contributed by atoms with Gasteiger partial charge in [-0.3, -0.25) is 24.4 Å². The molecule has 43 heavy (non-hydrogen) atoms. The van der Waals surface area contributed by atoms with Crippen LogP contribution in [0, 0.1) is 6.92 Å². The van der Waals surface area contributed by atoms with Crippen LogP contribution in [0.1, 0.15) is 32.0 Å². The minimum atomic E-state index is -0.470. The summed E-state index contributed by atoms with van der Waals surface area (Å²) in [6.45, 7) is 1.78. The van der Waals surface area contributed by atoms with Crippen molar-refractivity contribution in [2.24, 2.45) is 0 Å². The van der Waals surface area contributed by atoms with Gasteiger partial charge in [0.2, 0.25) is 5.91 Å². The molecule has 8 nitrogen and oxygen atoms in total. The maximum Gasteiger partial charge on any atom is 0.277 e. The molecule has 4 aromatic carbocycles. The number of hydrogen-bond acceptors (Lipinski definition) is 5. The molecule has 0 aliphatic rings. The van der Waals surface area contributed by atoms with Crippen LogP contribution >= 0.6 is 23.2 Å². The Morgan fingerprint density at radius 3 is 1.91 bits per heavy atom. The first-order chi connectivity index (χ1) is 20.7. The molecule has 5 rings (SSSR count). The molecule has 0 saturated heterocycles. The van der Waals surface area contributed by atoms with Crippen molar-refractivity contribution in [3.8, 4) is 11.5 Å². The SMILES string of the molecule is COc1ccc(N(NC(=O)Cc2c(C)n(C(=O)c3ccc(Cl)cc3)c3ccc(OC)cc23)C(=O)c2ccc(Cl)cc2)cc1. The minimum absolute atomic E-state index is 0.128. The summed E-state index contributed by atoms with van der Waals surface area (Å²) in [6.07, 6.45) is -0.128. The molecule has 1 heterocycles. The van der Waals surface area contributed by atoms with Gasteiger partial charge in [0.05, 0.1) is 31.8 Å². The average Bonchev–Trinajstić information content (AvgIpc) is 3.29. The first kappa shape index (κ1) is 29.7. The molecule has 5 aromatic rings. The number of hydrazine groups is 1. The normalized spacial score (nSPS) is 10.8. The average molecular weight is 617 g/mol. The lowest BCUT2D eigenvalue weighted by atomic mass is 10.1. The third kappa shape index (κ3) is 6.21. The van der Waals surface area contributed by atoms with Gasteiger partial charge in [0.25, 0.3) is 11.8 Å². The predicted octanol–water partition coefficient (Wildman–Crippen LogP) is 6.88. The fourth-order valence-corrected chi connectivity index (χ4v) is 5.06. The van der Waals surface area contributed by atoms with Crippen LogP contribution in [0.5, 0.6) is 11.5 Å². The zero-order valence-corrected chi connectivity index (χ0v) is 25.1. The van der Waals surface area contributed by atoms with Gasteiger partial charge in [-0.15, -0.1) is 0 Å². The summed E-state index contributed by atoms with van der Waals surface area (Å²) in [5.41, 5.74) is 5.76. The largest absolute Gasteiger partial charge is 0.497 e. The predicted molar refractivity (Wildman–Crippen MR) is 168 cm³/mol. The molecule has 0 bridgehead atoms. The zero-order valence-electron chi connectivity index (χ0n) is 23.6. The standard InChI is InChI=1S/C33H27Cl2N3O5/c1-20-28(29-18-27(43-3)16-17-30(29)37(20)32(40)21-4-8-23(34)9-5-21)19-31(39)36-38(25-12-14-26(42-2)15-13-25)33(41)22-6-10-24(35)11-7-22/h4-18H,19H2,1-3H3,(H,36,39). The van der Waals surface area contributed by atoms with Crippen molar-refractivity contribution in [1.82, 2.24) is 9.99 Å². The molecule has 10 heteroatoms. The first-order valence-corrected chi connectivity index (χ1v) is 14.0. The van der Waals surface area contributed by atoms with Crippen molar-refractivity contribution in [3.63, 3.8) is 0 Å².